The van der Waals surface area contributed by atoms with Gasteiger partial charge in [0, 0.05) is 29.7 Å². The Bertz CT molecular complexity index is 1120. The van der Waals surface area contributed by atoms with Crippen molar-refractivity contribution in [3.63, 3.8) is 0 Å². The fraction of sp³-hybridized carbons (Fsp3) is 0.375. The molecule has 2 aromatic heterocycles. The van der Waals surface area contributed by atoms with Gasteiger partial charge in [-0.3, -0.25) is 19.1 Å². The summed E-state index contributed by atoms with van der Waals surface area (Å²) >= 11 is 1.31. The van der Waals surface area contributed by atoms with Gasteiger partial charge in [0.15, 0.2) is 11.0 Å². The molecule has 1 aromatic carbocycles. The van der Waals surface area contributed by atoms with Crippen LogP contribution >= 0.6 is 11.8 Å². The number of pyridine rings is 1. The van der Waals surface area contributed by atoms with Crippen LogP contribution in [0.3, 0.4) is 0 Å². The van der Waals surface area contributed by atoms with Crippen molar-refractivity contribution in [1.29, 1.82) is 0 Å². The first kappa shape index (κ1) is 23.9. The van der Waals surface area contributed by atoms with Crippen molar-refractivity contribution in [2.75, 3.05) is 17.6 Å². The first-order valence-electron chi connectivity index (χ1n) is 11.3. The van der Waals surface area contributed by atoms with Gasteiger partial charge in [0.2, 0.25) is 11.8 Å². The second-order valence-corrected chi connectivity index (χ2v) is 9.31. The zero-order valence-corrected chi connectivity index (χ0v) is 19.7. The van der Waals surface area contributed by atoms with Gasteiger partial charge in [-0.2, -0.15) is 0 Å². The normalized spacial score (nSPS) is 17.8. The molecule has 10 heteroatoms. The Morgan fingerprint density at radius 1 is 1.12 bits per heavy atom. The number of nitrogens with one attached hydrogen (secondary N) is 2. The summed E-state index contributed by atoms with van der Waals surface area (Å²) in [5.74, 6) is 0.287. The van der Waals surface area contributed by atoms with E-state index in [0.29, 0.717) is 16.8 Å². The third-order valence-electron chi connectivity index (χ3n) is 5.89. The monoisotopic (exact) mass is 482 g/mol. The predicted molar refractivity (Wildman–Crippen MR) is 129 cm³/mol. The number of aromatic nitrogens is 4. The van der Waals surface area contributed by atoms with Crippen molar-refractivity contribution in [1.82, 2.24) is 25.1 Å². The molecule has 0 aliphatic heterocycles. The molecule has 2 N–H and O–H groups in total. The molecule has 178 valence electrons. The van der Waals surface area contributed by atoms with E-state index in [2.05, 4.69) is 37.3 Å². The highest BCUT2D eigenvalue weighted by molar-refractivity contribution is 7.99. The lowest BCUT2D eigenvalue weighted by Crippen LogP contribution is -2.34. The zero-order valence-electron chi connectivity index (χ0n) is 18.9. The maximum Gasteiger partial charge on any atom is 0.243 e. The minimum absolute atomic E-state index is 0.107. The SMILES string of the molecule is CC1CCCCC1n1c(SCC(=O)NCC(=O)Nc2ccc(F)cc2)nnc1-c1cccnc1. The van der Waals surface area contributed by atoms with E-state index in [0.717, 1.165) is 30.7 Å². The number of halogens is 1. The molecule has 1 aliphatic carbocycles. The number of hydrogen-bond donors (Lipinski definition) is 2. The van der Waals surface area contributed by atoms with Crippen molar-refractivity contribution >= 4 is 29.3 Å². The Kier molecular flexibility index (Phi) is 7.89. The van der Waals surface area contributed by atoms with Gasteiger partial charge in [-0.15, -0.1) is 10.2 Å². The summed E-state index contributed by atoms with van der Waals surface area (Å²) in [4.78, 5) is 28.7. The molecule has 4 rings (SSSR count). The van der Waals surface area contributed by atoms with E-state index in [-0.39, 0.29) is 36.0 Å². The van der Waals surface area contributed by atoms with Crippen LogP contribution in [0, 0.1) is 11.7 Å². The van der Waals surface area contributed by atoms with E-state index in [1.807, 2.05) is 12.1 Å². The fourth-order valence-electron chi connectivity index (χ4n) is 4.14. The molecule has 0 bridgehead atoms. The van der Waals surface area contributed by atoms with E-state index in [4.69, 9.17) is 0 Å². The second-order valence-electron chi connectivity index (χ2n) is 8.37. The molecule has 0 saturated heterocycles. The van der Waals surface area contributed by atoms with E-state index in [1.165, 1.54) is 42.4 Å². The Labute approximate surface area is 201 Å². The van der Waals surface area contributed by atoms with E-state index < -0.39 is 0 Å². The van der Waals surface area contributed by atoms with Crippen LogP contribution in [0.1, 0.15) is 38.6 Å². The van der Waals surface area contributed by atoms with Crippen molar-refractivity contribution in [2.45, 2.75) is 43.8 Å². The summed E-state index contributed by atoms with van der Waals surface area (Å²) < 4.78 is 15.1. The summed E-state index contributed by atoms with van der Waals surface area (Å²) in [5, 5.41) is 14.7. The molecule has 2 atom stereocenters. The summed E-state index contributed by atoms with van der Waals surface area (Å²) in [6.45, 7) is 2.07. The minimum Gasteiger partial charge on any atom is -0.346 e. The van der Waals surface area contributed by atoms with Gasteiger partial charge in [0.05, 0.1) is 12.3 Å². The lowest BCUT2D eigenvalue weighted by molar-refractivity contribution is -0.122. The molecule has 2 amide bonds. The number of anilines is 1. The second kappa shape index (κ2) is 11.2. The molecule has 0 radical (unpaired) electrons. The van der Waals surface area contributed by atoms with Gasteiger partial charge in [-0.1, -0.05) is 31.5 Å². The average molecular weight is 483 g/mol. The number of amides is 2. The van der Waals surface area contributed by atoms with Crippen molar-refractivity contribution in [3.05, 3.63) is 54.6 Å². The standard InChI is InChI=1S/C24H27FN6O2S/c1-16-5-2-3-7-20(16)31-23(17-6-4-12-26-13-17)29-30-24(31)34-15-22(33)27-14-21(32)28-19-10-8-18(25)9-11-19/h4,6,8-13,16,20H,2-3,5,7,14-15H2,1H3,(H,27,33)(H,28,32). The van der Waals surface area contributed by atoms with Gasteiger partial charge in [0.25, 0.3) is 0 Å². The van der Waals surface area contributed by atoms with Crippen LogP contribution in [0.5, 0.6) is 0 Å². The molecule has 1 saturated carbocycles. The van der Waals surface area contributed by atoms with Crippen LogP contribution in [-0.4, -0.2) is 43.9 Å². The fourth-order valence-corrected chi connectivity index (χ4v) is 4.97. The molecular formula is C24H27FN6O2S. The largest absolute Gasteiger partial charge is 0.346 e. The Morgan fingerprint density at radius 2 is 1.91 bits per heavy atom. The summed E-state index contributed by atoms with van der Waals surface area (Å²) in [6.07, 6.45) is 8.04. The van der Waals surface area contributed by atoms with Crippen molar-refractivity contribution in [2.24, 2.45) is 5.92 Å². The molecule has 2 heterocycles. The average Bonchev–Trinajstić information content (AvgIpc) is 3.27. The smallest absolute Gasteiger partial charge is 0.243 e. The molecular weight excluding hydrogens is 455 g/mol. The maximum atomic E-state index is 13.0. The third kappa shape index (κ3) is 5.99. The first-order valence-corrected chi connectivity index (χ1v) is 12.3. The Balaban J connectivity index is 1.39. The van der Waals surface area contributed by atoms with Crippen molar-refractivity contribution in [3.8, 4) is 11.4 Å². The quantitative estimate of drug-likeness (QED) is 0.469. The number of thioether (sulfide) groups is 1. The highest BCUT2D eigenvalue weighted by Gasteiger charge is 2.29. The van der Waals surface area contributed by atoms with Gasteiger partial charge < -0.3 is 10.6 Å². The number of benzene rings is 1. The van der Waals surface area contributed by atoms with E-state index in [1.54, 1.807) is 12.4 Å². The number of rotatable bonds is 8. The predicted octanol–water partition coefficient (Wildman–Crippen LogP) is 4.08. The van der Waals surface area contributed by atoms with Gasteiger partial charge in [-0.05, 0) is 55.2 Å². The Morgan fingerprint density at radius 3 is 2.65 bits per heavy atom. The molecule has 1 aliphatic rings. The van der Waals surface area contributed by atoms with Crippen LogP contribution in [0.15, 0.2) is 53.9 Å². The summed E-state index contributed by atoms with van der Waals surface area (Å²) in [5.41, 5.74) is 1.36. The number of carbonyl (C=O) groups is 2. The highest BCUT2D eigenvalue weighted by Crippen LogP contribution is 2.38. The van der Waals surface area contributed by atoms with E-state index in [9.17, 15) is 14.0 Å². The first-order chi connectivity index (χ1) is 16.5. The number of nitrogens with zero attached hydrogens (tertiary/aromatic N) is 4. The number of hydrogen-bond acceptors (Lipinski definition) is 6. The van der Waals surface area contributed by atoms with Crippen LogP contribution in [-0.2, 0) is 9.59 Å². The molecule has 34 heavy (non-hydrogen) atoms. The highest BCUT2D eigenvalue weighted by atomic mass is 32.2. The lowest BCUT2D eigenvalue weighted by atomic mass is 9.85. The summed E-state index contributed by atoms with van der Waals surface area (Å²) in [6, 6.07) is 9.53. The van der Waals surface area contributed by atoms with E-state index >= 15 is 0 Å². The topological polar surface area (TPSA) is 102 Å². The van der Waals surface area contributed by atoms with Crippen LogP contribution < -0.4 is 10.6 Å². The van der Waals surface area contributed by atoms with Crippen LogP contribution in [0.2, 0.25) is 0 Å². The van der Waals surface area contributed by atoms with Crippen LogP contribution in [0.25, 0.3) is 11.4 Å². The lowest BCUT2D eigenvalue weighted by Gasteiger charge is -2.31. The molecule has 8 nitrogen and oxygen atoms in total. The molecule has 2 unspecified atom stereocenters. The zero-order chi connectivity index (χ0) is 23.9. The Hall–Kier alpha value is -3.27. The van der Waals surface area contributed by atoms with Crippen molar-refractivity contribution < 1.29 is 14.0 Å². The molecule has 0 spiro atoms. The molecule has 3 aromatic rings. The third-order valence-corrected chi connectivity index (χ3v) is 6.83. The van der Waals surface area contributed by atoms with Crippen LogP contribution in [0.4, 0.5) is 10.1 Å². The summed E-state index contributed by atoms with van der Waals surface area (Å²) in [7, 11) is 0. The minimum atomic E-state index is -0.386. The number of carbonyl (C=O) groups excluding carboxylic acids is 2. The van der Waals surface area contributed by atoms with Gasteiger partial charge >= 0.3 is 0 Å². The van der Waals surface area contributed by atoms with Gasteiger partial charge in [0.1, 0.15) is 5.82 Å². The molecule has 1 fully saturated rings. The maximum absolute atomic E-state index is 13.0. The van der Waals surface area contributed by atoms with Gasteiger partial charge in [-0.25, -0.2) is 4.39 Å².